The van der Waals surface area contributed by atoms with Gasteiger partial charge >= 0.3 is 0 Å². The van der Waals surface area contributed by atoms with Crippen molar-refractivity contribution in [1.29, 1.82) is 0 Å². The Morgan fingerprint density at radius 1 is 1.13 bits per heavy atom. The summed E-state index contributed by atoms with van der Waals surface area (Å²) in [6.07, 6.45) is 5.98. The highest BCUT2D eigenvalue weighted by Gasteiger charge is 2.34. The normalized spacial score (nSPS) is 25.1. The lowest BCUT2D eigenvalue weighted by Gasteiger charge is -2.46. The van der Waals surface area contributed by atoms with Gasteiger partial charge in [-0.3, -0.25) is 4.90 Å². The average Bonchev–Trinajstić information content (AvgIpc) is 2.61. The van der Waals surface area contributed by atoms with E-state index in [-0.39, 0.29) is 0 Å². The molecule has 0 radical (unpaired) electrons. The number of fused-ring (bicyclic) bond motifs is 3. The predicted molar refractivity (Wildman–Crippen MR) is 93.6 cm³/mol. The smallest absolute Gasteiger partial charge is 0.171 e. The van der Waals surface area contributed by atoms with Crippen LogP contribution in [0.1, 0.15) is 33.1 Å². The highest BCUT2D eigenvalue weighted by molar-refractivity contribution is 5.62. The van der Waals surface area contributed by atoms with Crippen molar-refractivity contribution in [3.63, 3.8) is 0 Å². The lowest BCUT2D eigenvalue weighted by Crippen LogP contribution is -2.58. The molecular formula is C18H28N4O. The van der Waals surface area contributed by atoms with Gasteiger partial charge in [-0.15, -0.1) is 0 Å². The van der Waals surface area contributed by atoms with Crippen LogP contribution >= 0.6 is 0 Å². The van der Waals surface area contributed by atoms with Crippen molar-refractivity contribution in [3.05, 3.63) is 12.3 Å². The van der Waals surface area contributed by atoms with E-state index >= 15 is 0 Å². The summed E-state index contributed by atoms with van der Waals surface area (Å²) in [5, 5.41) is 0. The maximum Gasteiger partial charge on any atom is 0.171 e. The quantitative estimate of drug-likeness (QED) is 0.836. The first-order valence-corrected chi connectivity index (χ1v) is 9.11. The number of hydrogen-bond donors (Lipinski definition) is 0. The van der Waals surface area contributed by atoms with E-state index in [1.807, 2.05) is 6.20 Å². The zero-order valence-electron chi connectivity index (χ0n) is 14.4. The molecule has 0 aliphatic carbocycles. The fourth-order valence-corrected chi connectivity index (χ4v) is 4.03. The number of nitrogens with zero attached hydrogens (tertiary/aromatic N) is 4. The minimum Gasteiger partial charge on any atom is -0.487 e. The molecule has 5 heteroatoms. The van der Waals surface area contributed by atoms with Crippen molar-refractivity contribution < 1.29 is 4.74 Å². The van der Waals surface area contributed by atoms with Crippen LogP contribution < -0.4 is 14.5 Å². The number of aromatic nitrogens is 1. The molecule has 2 saturated heterocycles. The second-order valence-electron chi connectivity index (χ2n) is 7.31. The topological polar surface area (TPSA) is 31.8 Å². The average molecular weight is 316 g/mol. The molecule has 4 rings (SSSR count). The van der Waals surface area contributed by atoms with E-state index in [9.17, 15) is 0 Å². The molecule has 0 unspecified atom stereocenters. The van der Waals surface area contributed by atoms with Gasteiger partial charge in [0.25, 0.3) is 0 Å². The Morgan fingerprint density at radius 2 is 1.96 bits per heavy atom. The predicted octanol–water partition coefficient (Wildman–Crippen LogP) is 2.36. The van der Waals surface area contributed by atoms with Gasteiger partial charge in [-0.25, -0.2) is 4.98 Å². The first-order chi connectivity index (χ1) is 11.2. The zero-order valence-corrected chi connectivity index (χ0v) is 14.4. The van der Waals surface area contributed by atoms with Crippen molar-refractivity contribution in [2.75, 3.05) is 49.1 Å². The van der Waals surface area contributed by atoms with Crippen molar-refractivity contribution >= 4 is 11.5 Å². The summed E-state index contributed by atoms with van der Waals surface area (Å²) < 4.78 is 6.09. The summed E-state index contributed by atoms with van der Waals surface area (Å²) in [7, 11) is 0. The molecule has 0 bridgehead atoms. The van der Waals surface area contributed by atoms with E-state index in [4.69, 9.17) is 9.72 Å². The number of ether oxygens (including phenoxy) is 1. The molecule has 0 aromatic carbocycles. The van der Waals surface area contributed by atoms with Gasteiger partial charge in [0.05, 0.1) is 17.9 Å². The van der Waals surface area contributed by atoms with Crippen LogP contribution in [0.15, 0.2) is 12.3 Å². The van der Waals surface area contributed by atoms with Gasteiger partial charge in [-0.05, 0) is 33.1 Å². The van der Waals surface area contributed by atoms with Crippen molar-refractivity contribution in [2.24, 2.45) is 0 Å². The lowest BCUT2D eigenvalue weighted by molar-refractivity contribution is 0.140. The van der Waals surface area contributed by atoms with Gasteiger partial charge in [0.1, 0.15) is 6.61 Å². The molecule has 0 amide bonds. The first-order valence-electron chi connectivity index (χ1n) is 9.11. The Hall–Kier alpha value is -1.49. The second kappa shape index (κ2) is 6.19. The van der Waals surface area contributed by atoms with Crippen LogP contribution in [0.25, 0.3) is 0 Å². The Labute approximate surface area is 139 Å². The molecule has 2 fully saturated rings. The number of hydrogen-bond acceptors (Lipinski definition) is 5. The van der Waals surface area contributed by atoms with E-state index in [1.165, 1.54) is 24.9 Å². The molecule has 1 atom stereocenters. The maximum absolute atomic E-state index is 6.09. The van der Waals surface area contributed by atoms with Gasteiger partial charge in [0, 0.05) is 44.8 Å². The zero-order chi connectivity index (χ0) is 15.8. The minimum absolute atomic E-state index is 0.437. The summed E-state index contributed by atoms with van der Waals surface area (Å²) in [4.78, 5) is 12.2. The number of anilines is 2. The van der Waals surface area contributed by atoms with Gasteiger partial charge in [-0.2, -0.15) is 0 Å². The molecule has 3 aliphatic rings. The van der Waals surface area contributed by atoms with Gasteiger partial charge < -0.3 is 14.5 Å². The maximum atomic E-state index is 6.09. The molecule has 1 aromatic heterocycles. The molecule has 4 heterocycles. The van der Waals surface area contributed by atoms with Crippen LogP contribution in [0.5, 0.6) is 5.75 Å². The molecule has 0 spiro atoms. The highest BCUT2D eigenvalue weighted by Crippen LogP contribution is 2.36. The SMILES string of the molecule is CC(C)N1CCN2c3ncc(N4CCCCC4)cc3OC[C@H]2C1. The minimum atomic E-state index is 0.437. The number of pyridine rings is 1. The Bertz CT molecular complexity index is 556. The monoisotopic (exact) mass is 316 g/mol. The summed E-state index contributed by atoms with van der Waals surface area (Å²) in [5.41, 5.74) is 1.22. The molecule has 0 N–H and O–H groups in total. The van der Waals surface area contributed by atoms with Crippen molar-refractivity contribution in [2.45, 2.75) is 45.2 Å². The molecule has 1 aromatic rings. The van der Waals surface area contributed by atoms with Crippen LogP contribution in [-0.2, 0) is 0 Å². The number of rotatable bonds is 2. The fraction of sp³-hybridized carbons (Fsp3) is 0.722. The molecule has 0 saturated carbocycles. The molecule has 3 aliphatic heterocycles. The highest BCUT2D eigenvalue weighted by atomic mass is 16.5. The third kappa shape index (κ3) is 2.87. The standard InChI is InChI=1S/C18H28N4O/c1-14(2)21-8-9-22-16(12-21)13-23-17-10-15(11-19-18(17)22)20-6-4-3-5-7-20/h10-11,14,16H,3-9,12-13H2,1-2H3/t16-/m1/s1. The number of piperazine rings is 1. The van der Waals surface area contributed by atoms with Crippen LogP contribution in [-0.4, -0.2) is 61.3 Å². The van der Waals surface area contributed by atoms with Crippen LogP contribution in [0.2, 0.25) is 0 Å². The van der Waals surface area contributed by atoms with Gasteiger partial charge in [-0.1, -0.05) is 0 Å². The van der Waals surface area contributed by atoms with E-state index < -0.39 is 0 Å². The van der Waals surface area contributed by atoms with Crippen molar-refractivity contribution in [3.8, 4) is 5.75 Å². The summed E-state index contributed by atoms with van der Waals surface area (Å²) in [5.74, 6) is 2.02. The first kappa shape index (κ1) is 15.1. The fourth-order valence-electron chi connectivity index (χ4n) is 4.03. The Kier molecular flexibility index (Phi) is 4.05. The third-order valence-electron chi connectivity index (χ3n) is 5.49. The summed E-state index contributed by atoms with van der Waals surface area (Å²) >= 11 is 0. The van der Waals surface area contributed by atoms with Crippen molar-refractivity contribution in [1.82, 2.24) is 9.88 Å². The van der Waals surface area contributed by atoms with Crippen LogP contribution in [0.3, 0.4) is 0 Å². The largest absolute Gasteiger partial charge is 0.487 e. The molecular weight excluding hydrogens is 288 g/mol. The van der Waals surface area contributed by atoms with E-state index in [0.29, 0.717) is 12.1 Å². The second-order valence-corrected chi connectivity index (χ2v) is 7.31. The van der Waals surface area contributed by atoms with E-state index in [2.05, 4.69) is 34.6 Å². The van der Waals surface area contributed by atoms with Crippen LogP contribution in [0.4, 0.5) is 11.5 Å². The third-order valence-corrected chi connectivity index (χ3v) is 5.49. The molecule has 5 nitrogen and oxygen atoms in total. The van der Waals surface area contributed by atoms with Crippen LogP contribution in [0, 0.1) is 0 Å². The molecule has 23 heavy (non-hydrogen) atoms. The van der Waals surface area contributed by atoms with E-state index in [0.717, 1.165) is 50.9 Å². The number of piperidine rings is 1. The van der Waals surface area contributed by atoms with Gasteiger partial charge in [0.15, 0.2) is 11.6 Å². The molecule has 126 valence electrons. The Balaban J connectivity index is 1.53. The Morgan fingerprint density at radius 3 is 2.74 bits per heavy atom. The summed E-state index contributed by atoms with van der Waals surface area (Å²) in [6.45, 7) is 10.9. The lowest BCUT2D eigenvalue weighted by atomic mass is 10.1. The van der Waals surface area contributed by atoms with Gasteiger partial charge in [0.2, 0.25) is 0 Å². The summed E-state index contributed by atoms with van der Waals surface area (Å²) in [6, 6.07) is 3.25. The van der Waals surface area contributed by atoms with E-state index in [1.54, 1.807) is 0 Å².